The summed E-state index contributed by atoms with van der Waals surface area (Å²) in [6.07, 6.45) is 7.65. The Morgan fingerprint density at radius 1 is 0.909 bits per heavy atom. The fourth-order valence-electron chi connectivity index (χ4n) is 2.50. The molecule has 0 amide bonds. The molecule has 1 saturated heterocycles. The minimum absolute atomic E-state index is 0.814. The number of rotatable bonds is 3. The second-order valence-corrected chi connectivity index (χ2v) is 6.17. The first-order valence-electron chi connectivity index (χ1n) is 7.33. The summed E-state index contributed by atoms with van der Waals surface area (Å²) in [4.78, 5) is 22.3. The zero-order valence-electron chi connectivity index (χ0n) is 13.2. The van der Waals surface area contributed by atoms with Crippen molar-refractivity contribution in [3.63, 3.8) is 0 Å². The second-order valence-electron chi connectivity index (χ2n) is 5.40. The quantitative estimate of drug-likeness (QED) is 0.633. The number of thioether (sulfide) groups is 1. The number of aromatic nitrogens is 4. The number of hydrogen-bond donors (Lipinski definition) is 0. The van der Waals surface area contributed by atoms with Crippen molar-refractivity contribution in [1.29, 1.82) is 0 Å². The van der Waals surface area contributed by atoms with Gasteiger partial charge >= 0.3 is 0 Å². The van der Waals surface area contributed by atoms with E-state index in [4.69, 9.17) is 0 Å². The molecule has 0 bridgehead atoms. The molecule has 0 saturated carbocycles. The lowest BCUT2D eigenvalue weighted by Gasteiger charge is -2.36. The van der Waals surface area contributed by atoms with Crippen molar-refractivity contribution in [2.24, 2.45) is 0 Å². The average Bonchev–Trinajstić information content (AvgIpc) is 2.56. The monoisotopic (exact) mass is 316 g/mol. The minimum Gasteiger partial charge on any atom is -0.353 e. The number of piperazine rings is 1. The largest absolute Gasteiger partial charge is 0.353 e. The topological polar surface area (TPSA) is 58.0 Å². The van der Waals surface area contributed by atoms with E-state index >= 15 is 0 Å². The first-order valence-corrected chi connectivity index (χ1v) is 8.56. The zero-order chi connectivity index (χ0) is 15.5. The Bertz CT molecular complexity index is 637. The van der Waals surface area contributed by atoms with Crippen molar-refractivity contribution < 1.29 is 0 Å². The molecule has 6 nitrogen and oxygen atoms in total. The van der Waals surface area contributed by atoms with E-state index in [1.807, 2.05) is 31.8 Å². The van der Waals surface area contributed by atoms with Crippen LogP contribution >= 0.6 is 11.8 Å². The van der Waals surface area contributed by atoms with E-state index in [1.54, 1.807) is 11.8 Å². The maximum Gasteiger partial charge on any atom is 0.225 e. The molecule has 3 heterocycles. The molecular weight excluding hydrogens is 296 g/mol. The molecule has 0 atom stereocenters. The Kier molecular flexibility index (Phi) is 4.42. The lowest BCUT2D eigenvalue weighted by atomic mass is 10.2. The van der Waals surface area contributed by atoms with E-state index in [1.165, 1.54) is 0 Å². The van der Waals surface area contributed by atoms with Crippen LogP contribution < -0.4 is 9.80 Å². The van der Waals surface area contributed by atoms with Gasteiger partial charge in [0.15, 0.2) is 5.16 Å². The maximum absolute atomic E-state index is 4.65. The zero-order valence-corrected chi connectivity index (χ0v) is 14.0. The van der Waals surface area contributed by atoms with Crippen LogP contribution in [0.5, 0.6) is 0 Å². The van der Waals surface area contributed by atoms with E-state index < -0.39 is 0 Å². The summed E-state index contributed by atoms with van der Waals surface area (Å²) in [5.74, 6) is 1.86. The van der Waals surface area contributed by atoms with Crippen LogP contribution in [0.25, 0.3) is 0 Å². The number of anilines is 2. The lowest BCUT2D eigenvalue weighted by molar-refractivity contribution is 0.629. The molecular formula is C15H20N6S. The van der Waals surface area contributed by atoms with Crippen LogP contribution in [0.15, 0.2) is 23.7 Å². The van der Waals surface area contributed by atoms with Crippen LogP contribution in [0, 0.1) is 13.8 Å². The molecule has 0 radical (unpaired) electrons. The molecule has 0 N–H and O–H groups in total. The molecule has 3 rings (SSSR count). The molecule has 0 aromatic carbocycles. The molecule has 1 fully saturated rings. The van der Waals surface area contributed by atoms with Crippen LogP contribution in [0.3, 0.4) is 0 Å². The van der Waals surface area contributed by atoms with Crippen molar-refractivity contribution in [2.45, 2.75) is 19.0 Å². The molecule has 1 aliphatic heterocycles. The van der Waals surface area contributed by atoms with Gasteiger partial charge in [-0.1, -0.05) is 11.8 Å². The van der Waals surface area contributed by atoms with Crippen LogP contribution in [0.4, 0.5) is 11.8 Å². The third-order valence-corrected chi connectivity index (χ3v) is 4.30. The van der Waals surface area contributed by atoms with Gasteiger partial charge in [-0.15, -0.1) is 0 Å². The highest BCUT2D eigenvalue weighted by molar-refractivity contribution is 7.98. The van der Waals surface area contributed by atoms with E-state index in [0.717, 1.165) is 54.2 Å². The molecule has 22 heavy (non-hydrogen) atoms. The SMILES string of the molecule is CSc1ncc(C)c(N2CCN(c3ncc(C)cn3)CC2)n1. The smallest absolute Gasteiger partial charge is 0.225 e. The fraction of sp³-hybridized carbons (Fsp3) is 0.467. The summed E-state index contributed by atoms with van der Waals surface area (Å²) in [5.41, 5.74) is 2.21. The summed E-state index contributed by atoms with van der Waals surface area (Å²) >= 11 is 1.58. The first kappa shape index (κ1) is 15.0. The van der Waals surface area contributed by atoms with Crippen molar-refractivity contribution in [1.82, 2.24) is 19.9 Å². The average molecular weight is 316 g/mol. The van der Waals surface area contributed by atoms with Crippen molar-refractivity contribution in [2.75, 3.05) is 42.2 Å². The third-order valence-electron chi connectivity index (χ3n) is 3.73. The van der Waals surface area contributed by atoms with Gasteiger partial charge in [-0.05, 0) is 25.7 Å². The van der Waals surface area contributed by atoms with E-state index in [9.17, 15) is 0 Å². The molecule has 1 aliphatic rings. The van der Waals surface area contributed by atoms with Gasteiger partial charge in [0.05, 0.1) is 0 Å². The predicted molar refractivity (Wildman–Crippen MR) is 89.7 cm³/mol. The molecule has 0 unspecified atom stereocenters. The summed E-state index contributed by atoms with van der Waals surface area (Å²) in [5, 5.41) is 0.824. The van der Waals surface area contributed by atoms with Gasteiger partial charge in [-0.3, -0.25) is 0 Å². The molecule has 0 aliphatic carbocycles. The fourth-order valence-corrected chi connectivity index (χ4v) is 2.84. The molecule has 2 aromatic rings. The second kappa shape index (κ2) is 6.48. The van der Waals surface area contributed by atoms with Gasteiger partial charge in [0.25, 0.3) is 0 Å². The maximum atomic E-state index is 4.65. The Balaban J connectivity index is 1.70. The van der Waals surface area contributed by atoms with Gasteiger partial charge in [-0.25, -0.2) is 19.9 Å². The summed E-state index contributed by atoms with van der Waals surface area (Å²) in [6.45, 7) is 7.71. The molecule has 2 aromatic heterocycles. The predicted octanol–water partition coefficient (Wildman–Crippen LogP) is 1.93. The summed E-state index contributed by atoms with van der Waals surface area (Å²) < 4.78 is 0. The Morgan fingerprint density at radius 3 is 2.18 bits per heavy atom. The highest BCUT2D eigenvalue weighted by atomic mass is 32.2. The highest BCUT2D eigenvalue weighted by Crippen LogP contribution is 2.22. The Hall–Kier alpha value is -1.89. The van der Waals surface area contributed by atoms with Gasteiger partial charge in [-0.2, -0.15) is 0 Å². The minimum atomic E-state index is 0.814. The lowest BCUT2D eigenvalue weighted by Crippen LogP contribution is -2.47. The Morgan fingerprint density at radius 2 is 1.55 bits per heavy atom. The number of aryl methyl sites for hydroxylation is 2. The molecule has 0 spiro atoms. The molecule has 7 heteroatoms. The van der Waals surface area contributed by atoms with Gasteiger partial charge in [0, 0.05) is 50.3 Å². The third kappa shape index (κ3) is 3.14. The van der Waals surface area contributed by atoms with Crippen LogP contribution in [-0.4, -0.2) is 52.4 Å². The van der Waals surface area contributed by atoms with Gasteiger partial charge in [0.2, 0.25) is 5.95 Å². The van der Waals surface area contributed by atoms with Crippen LogP contribution in [0.2, 0.25) is 0 Å². The van der Waals surface area contributed by atoms with Gasteiger partial charge < -0.3 is 9.80 Å². The van der Waals surface area contributed by atoms with Crippen LogP contribution in [0.1, 0.15) is 11.1 Å². The standard InChI is InChI=1S/C15H20N6S/c1-11-8-16-14(17-9-11)21-6-4-20(5-7-21)13-12(2)10-18-15(19-13)22-3/h8-10H,4-7H2,1-3H3. The summed E-state index contributed by atoms with van der Waals surface area (Å²) in [6, 6.07) is 0. The summed E-state index contributed by atoms with van der Waals surface area (Å²) in [7, 11) is 0. The number of hydrogen-bond acceptors (Lipinski definition) is 7. The van der Waals surface area contributed by atoms with Crippen molar-refractivity contribution in [3.8, 4) is 0 Å². The van der Waals surface area contributed by atoms with Gasteiger partial charge in [0.1, 0.15) is 5.82 Å². The van der Waals surface area contributed by atoms with E-state index in [-0.39, 0.29) is 0 Å². The Labute approximate surface area is 135 Å². The highest BCUT2D eigenvalue weighted by Gasteiger charge is 2.21. The normalized spacial score (nSPS) is 15.2. The first-order chi connectivity index (χ1) is 10.7. The van der Waals surface area contributed by atoms with E-state index in [0.29, 0.717) is 0 Å². The van der Waals surface area contributed by atoms with Crippen molar-refractivity contribution in [3.05, 3.63) is 29.7 Å². The van der Waals surface area contributed by atoms with Crippen molar-refractivity contribution >= 4 is 23.5 Å². The number of nitrogens with zero attached hydrogens (tertiary/aromatic N) is 6. The van der Waals surface area contributed by atoms with Crippen LogP contribution in [-0.2, 0) is 0 Å². The van der Waals surface area contributed by atoms with E-state index in [2.05, 4.69) is 36.7 Å². The molecule has 116 valence electrons.